The maximum Gasteiger partial charge on any atom is 0.339 e. The van der Waals surface area contributed by atoms with E-state index >= 15 is 0 Å². The lowest BCUT2D eigenvalue weighted by molar-refractivity contribution is 0.0692. The first kappa shape index (κ1) is 14.5. The van der Waals surface area contributed by atoms with E-state index in [2.05, 4.69) is 0 Å². The number of aromatic carboxylic acids is 1. The van der Waals surface area contributed by atoms with E-state index in [1.165, 1.54) is 4.90 Å². The SMILES string of the molecule is Cc1ccc(C(=O)O)c(OCCSc2ccccc2)c1. The van der Waals surface area contributed by atoms with Gasteiger partial charge in [-0.25, -0.2) is 4.79 Å². The molecule has 1 N–H and O–H groups in total. The fraction of sp³-hybridized carbons (Fsp3) is 0.188. The lowest BCUT2D eigenvalue weighted by Crippen LogP contribution is -2.06. The Bertz CT molecular complexity index is 582. The van der Waals surface area contributed by atoms with Crippen molar-refractivity contribution in [3.8, 4) is 5.75 Å². The van der Waals surface area contributed by atoms with E-state index < -0.39 is 5.97 Å². The molecule has 20 heavy (non-hydrogen) atoms. The number of carboxylic acids is 1. The number of hydrogen-bond acceptors (Lipinski definition) is 3. The number of ether oxygens (including phenoxy) is 1. The first-order valence-electron chi connectivity index (χ1n) is 6.31. The molecule has 0 atom stereocenters. The zero-order chi connectivity index (χ0) is 14.4. The highest BCUT2D eigenvalue weighted by atomic mass is 32.2. The van der Waals surface area contributed by atoms with Gasteiger partial charge in [0.25, 0.3) is 0 Å². The highest BCUT2D eigenvalue weighted by molar-refractivity contribution is 7.99. The molecule has 0 spiro atoms. The highest BCUT2D eigenvalue weighted by Gasteiger charge is 2.11. The topological polar surface area (TPSA) is 46.5 Å². The van der Waals surface area contributed by atoms with Crippen LogP contribution in [0.4, 0.5) is 0 Å². The Morgan fingerprint density at radius 3 is 2.65 bits per heavy atom. The van der Waals surface area contributed by atoms with Gasteiger partial charge in [-0.2, -0.15) is 0 Å². The zero-order valence-corrected chi connectivity index (χ0v) is 12.0. The van der Waals surface area contributed by atoms with Gasteiger partial charge >= 0.3 is 5.97 Å². The molecule has 0 fully saturated rings. The Morgan fingerprint density at radius 1 is 1.20 bits per heavy atom. The minimum absolute atomic E-state index is 0.209. The summed E-state index contributed by atoms with van der Waals surface area (Å²) in [5, 5.41) is 9.11. The van der Waals surface area contributed by atoms with Crippen molar-refractivity contribution in [1.29, 1.82) is 0 Å². The number of carboxylic acid groups (broad SMARTS) is 1. The second-order valence-electron chi connectivity index (χ2n) is 4.31. The molecule has 104 valence electrons. The van der Waals surface area contributed by atoms with Crippen molar-refractivity contribution in [2.45, 2.75) is 11.8 Å². The Balaban J connectivity index is 1.91. The van der Waals surface area contributed by atoms with E-state index in [0.29, 0.717) is 12.4 Å². The number of aryl methyl sites for hydroxylation is 1. The van der Waals surface area contributed by atoms with Gasteiger partial charge < -0.3 is 9.84 Å². The molecule has 4 heteroatoms. The van der Waals surface area contributed by atoms with Crippen molar-refractivity contribution in [1.82, 2.24) is 0 Å². The molecule has 2 aromatic carbocycles. The van der Waals surface area contributed by atoms with Crippen molar-refractivity contribution in [2.75, 3.05) is 12.4 Å². The molecular weight excluding hydrogens is 272 g/mol. The molecule has 0 unspecified atom stereocenters. The molecule has 0 aliphatic carbocycles. The summed E-state index contributed by atoms with van der Waals surface area (Å²) in [5.74, 6) is 0.249. The summed E-state index contributed by atoms with van der Waals surface area (Å²) in [6.45, 7) is 2.39. The highest BCUT2D eigenvalue weighted by Crippen LogP contribution is 2.22. The van der Waals surface area contributed by atoms with Gasteiger partial charge in [0.1, 0.15) is 11.3 Å². The second-order valence-corrected chi connectivity index (χ2v) is 5.48. The molecule has 0 saturated heterocycles. The fourth-order valence-electron chi connectivity index (χ4n) is 1.75. The van der Waals surface area contributed by atoms with Crippen LogP contribution in [0.25, 0.3) is 0 Å². The Kier molecular flexibility index (Phi) is 5.07. The van der Waals surface area contributed by atoms with E-state index in [0.717, 1.165) is 11.3 Å². The number of benzene rings is 2. The quantitative estimate of drug-likeness (QED) is 0.647. The van der Waals surface area contributed by atoms with Gasteiger partial charge in [-0.15, -0.1) is 11.8 Å². The van der Waals surface area contributed by atoms with Gasteiger partial charge in [0, 0.05) is 10.6 Å². The second kappa shape index (κ2) is 7.01. The molecule has 2 aromatic rings. The van der Waals surface area contributed by atoms with Crippen LogP contribution in [0.1, 0.15) is 15.9 Å². The van der Waals surface area contributed by atoms with Crippen LogP contribution >= 0.6 is 11.8 Å². The van der Waals surface area contributed by atoms with Gasteiger partial charge in [0.05, 0.1) is 6.61 Å². The summed E-state index contributed by atoms with van der Waals surface area (Å²) in [6.07, 6.45) is 0. The number of thioether (sulfide) groups is 1. The van der Waals surface area contributed by atoms with Crippen molar-refractivity contribution >= 4 is 17.7 Å². The third-order valence-electron chi connectivity index (χ3n) is 2.72. The predicted octanol–water partition coefficient (Wildman–Crippen LogP) is 3.86. The molecule has 0 radical (unpaired) electrons. The average molecular weight is 288 g/mol. The van der Waals surface area contributed by atoms with E-state index in [4.69, 9.17) is 9.84 Å². The van der Waals surface area contributed by atoms with E-state index in [9.17, 15) is 4.79 Å². The van der Waals surface area contributed by atoms with Crippen LogP contribution in [0.5, 0.6) is 5.75 Å². The van der Waals surface area contributed by atoms with Crippen LogP contribution in [-0.2, 0) is 0 Å². The molecule has 0 heterocycles. The van der Waals surface area contributed by atoms with E-state index in [1.54, 1.807) is 30.0 Å². The third kappa shape index (κ3) is 4.03. The van der Waals surface area contributed by atoms with Crippen LogP contribution in [0, 0.1) is 6.92 Å². The standard InChI is InChI=1S/C16H16O3S/c1-12-7-8-14(16(17)18)15(11-12)19-9-10-20-13-5-3-2-4-6-13/h2-8,11H,9-10H2,1H3,(H,17,18). The minimum Gasteiger partial charge on any atom is -0.492 e. The maximum atomic E-state index is 11.1. The van der Waals surface area contributed by atoms with Crippen molar-refractivity contribution in [3.63, 3.8) is 0 Å². The summed E-state index contributed by atoms with van der Waals surface area (Å²) < 4.78 is 5.60. The van der Waals surface area contributed by atoms with Gasteiger partial charge in [0.15, 0.2) is 0 Å². The molecule has 0 aliphatic rings. The number of carbonyl (C=O) groups is 1. The Morgan fingerprint density at radius 2 is 1.95 bits per heavy atom. The van der Waals surface area contributed by atoms with Gasteiger partial charge in [0.2, 0.25) is 0 Å². The van der Waals surface area contributed by atoms with Gasteiger partial charge in [-0.1, -0.05) is 24.3 Å². The first-order chi connectivity index (χ1) is 9.66. The molecule has 0 aliphatic heterocycles. The lowest BCUT2D eigenvalue weighted by atomic mass is 10.1. The first-order valence-corrected chi connectivity index (χ1v) is 7.30. The normalized spacial score (nSPS) is 10.2. The smallest absolute Gasteiger partial charge is 0.339 e. The summed E-state index contributed by atoms with van der Waals surface area (Å²) in [4.78, 5) is 12.3. The summed E-state index contributed by atoms with van der Waals surface area (Å²) in [6, 6.07) is 15.2. The summed E-state index contributed by atoms with van der Waals surface area (Å²) in [5.41, 5.74) is 1.20. The lowest BCUT2D eigenvalue weighted by Gasteiger charge is -2.10. The Hall–Kier alpha value is -1.94. The van der Waals surface area contributed by atoms with Gasteiger partial charge in [-0.05, 0) is 36.8 Å². The number of hydrogen-bond donors (Lipinski definition) is 1. The average Bonchev–Trinajstić information content (AvgIpc) is 2.44. The number of rotatable bonds is 6. The largest absolute Gasteiger partial charge is 0.492 e. The third-order valence-corrected chi connectivity index (χ3v) is 3.70. The van der Waals surface area contributed by atoms with E-state index in [1.807, 2.05) is 37.3 Å². The van der Waals surface area contributed by atoms with Crippen molar-refractivity contribution in [3.05, 3.63) is 59.7 Å². The molecule has 0 amide bonds. The monoisotopic (exact) mass is 288 g/mol. The van der Waals surface area contributed by atoms with Crippen LogP contribution < -0.4 is 4.74 Å². The van der Waals surface area contributed by atoms with Crippen LogP contribution in [-0.4, -0.2) is 23.4 Å². The molecule has 2 rings (SSSR count). The molecule has 0 aromatic heterocycles. The van der Waals surface area contributed by atoms with Crippen LogP contribution in [0.2, 0.25) is 0 Å². The van der Waals surface area contributed by atoms with Crippen molar-refractivity contribution in [2.24, 2.45) is 0 Å². The Labute approximate surface area is 122 Å². The molecule has 3 nitrogen and oxygen atoms in total. The molecular formula is C16H16O3S. The fourth-order valence-corrected chi connectivity index (χ4v) is 2.51. The van der Waals surface area contributed by atoms with Gasteiger partial charge in [-0.3, -0.25) is 0 Å². The minimum atomic E-state index is -0.962. The zero-order valence-electron chi connectivity index (χ0n) is 11.2. The van der Waals surface area contributed by atoms with Crippen LogP contribution in [0.15, 0.2) is 53.4 Å². The van der Waals surface area contributed by atoms with E-state index in [-0.39, 0.29) is 5.56 Å². The van der Waals surface area contributed by atoms with Crippen molar-refractivity contribution < 1.29 is 14.6 Å². The maximum absolute atomic E-state index is 11.1. The van der Waals surface area contributed by atoms with Crippen LogP contribution in [0.3, 0.4) is 0 Å². The molecule has 0 saturated carbocycles. The predicted molar refractivity (Wildman–Crippen MR) is 80.8 cm³/mol. The summed E-state index contributed by atoms with van der Waals surface area (Å²) >= 11 is 1.69. The summed E-state index contributed by atoms with van der Waals surface area (Å²) in [7, 11) is 0. The molecule has 0 bridgehead atoms.